The van der Waals surface area contributed by atoms with Crippen LogP contribution in [0.5, 0.6) is 0 Å². The van der Waals surface area contributed by atoms with Gasteiger partial charge in [-0.3, -0.25) is 4.79 Å². The number of fused-ring (bicyclic) bond motifs is 1. The van der Waals surface area contributed by atoms with E-state index in [-0.39, 0.29) is 22.7 Å². The minimum absolute atomic E-state index is 0.0383. The van der Waals surface area contributed by atoms with Crippen molar-refractivity contribution in [1.29, 1.82) is 0 Å². The molecule has 2 heterocycles. The molecule has 0 bridgehead atoms. The quantitative estimate of drug-likeness (QED) is 0.729. The van der Waals surface area contributed by atoms with Gasteiger partial charge in [0.1, 0.15) is 10.6 Å². The molecule has 27 heavy (non-hydrogen) atoms. The zero-order chi connectivity index (χ0) is 19.9. The first-order chi connectivity index (χ1) is 12.6. The first-order valence-corrected chi connectivity index (χ1v) is 9.73. The fourth-order valence-corrected chi connectivity index (χ4v) is 4.80. The number of sulfonamides is 1. The van der Waals surface area contributed by atoms with Crippen LogP contribution in [0.3, 0.4) is 0 Å². The topological polar surface area (TPSA) is 100 Å². The lowest BCUT2D eigenvalue weighted by molar-refractivity contribution is 0.101. The zero-order valence-electron chi connectivity index (χ0n) is 14.7. The molecule has 3 rings (SSSR count). The standard InChI is InChI=1S/C17H19F2N3O4S/c1-9(23)14-6-4-11-15(27(25,26)21-14)8-22(2)16(11)17(24)20-10-3-5-12(18)13(19)7-10/h3,5,7-9,14,21,23H,4,6H2,1-2H3,(H,20,24)/t9-,14-/m1/s1. The van der Waals surface area contributed by atoms with Crippen molar-refractivity contribution in [2.24, 2.45) is 7.05 Å². The predicted octanol–water partition coefficient (Wildman–Crippen LogP) is 1.53. The number of nitrogens with one attached hydrogen (secondary N) is 2. The number of carbonyl (C=O) groups is 1. The molecular weight excluding hydrogens is 380 g/mol. The van der Waals surface area contributed by atoms with E-state index < -0.39 is 39.7 Å². The fraction of sp³-hybridized carbons (Fsp3) is 0.353. The first-order valence-electron chi connectivity index (χ1n) is 8.25. The maximum Gasteiger partial charge on any atom is 0.272 e. The van der Waals surface area contributed by atoms with Gasteiger partial charge in [0.05, 0.1) is 6.10 Å². The summed E-state index contributed by atoms with van der Waals surface area (Å²) in [6.45, 7) is 1.49. The number of aryl methyl sites for hydroxylation is 1. The summed E-state index contributed by atoms with van der Waals surface area (Å²) in [6, 6.07) is 2.27. The van der Waals surface area contributed by atoms with Gasteiger partial charge in [0.15, 0.2) is 11.6 Å². The maximum absolute atomic E-state index is 13.4. The van der Waals surface area contributed by atoms with Crippen LogP contribution < -0.4 is 10.0 Å². The Morgan fingerprint density at radius 1 is 1.37 bits per heavy atom. The third-order valence-electron chi connectivity index (χ3n) is 4.52. The molecule has 1 aliphatic heterocycles. The van der Waals surface area contributed by atoms with E-state index in [0.29, 0.717) is 12.0 Å². The van der Waals surface area contributed by atoms with Crippen molar-refractivity contribution in [2.45, 2.75) is 36.8 Å². The summed E-state index contributed by atoms with van der Waals surface area (Å²) >= 11 is 0. The summed E-state index contributed by atoms with van der Waals surface area (Å²) in [4.78, 5) is 12.7. The highest BCUT2D eigenvalue weighted by Gasteiger charge is 2.34. The molecule has 2 aromatic rings. The van der Waals surface area contributed by atoms with Crippen molar-refractivity contribution >= 4 is 21.6 Å². The molecule has 1 amide bonds. The number of aliphatic hydroxyl groups is 1. The Bertz CT molecular complexity index is 1000. The normalized spacial score (nSPS) is 19.8. The number of benzene rings is 1. The van der Waals surface area contributed by atoms with Gasteiger partial charge in [-0.25, -0.2) is 21.9 Å². The van der Waals surface area contributed by atoms with E-state index in [0.717, 1.165) is 12.1 Å². The summed E-state index contributed by atoms with van der Waals surface area (Å²) in [5, 5.41) is 12.2. The van der Waals surface area contributed by atoms with Gasteiger partial charge in [0.2, 0.25) is 10.0 Å². The van der Waals surface area contributed by atoms with Crippen LogP contribution in [0.1, 0.15) is 29.4 Å². The highest BCUT2D eigenvalue weighted by molar-refractivity contribution is 7.89. The number of aliphatic hydroxyl groups excluding tert-OH is 1. The van der Waals surface area contributed by atoms with Crippen LogP contribution in [0.2, 0.25) is 0 Å². The third kappa shape index (κ3) is 3.73. The molecule has 0 saturated carbocycles. The molecule has 1 aromatic carbocycles. The molecule has 3 N–H and O–H groups in total. The number of amides is 1. The molecule has 1 aliphatic rings. The first kappa shape index (κ1) is 19.5. The van der Waals surface area contributed by atoms with E-state index in [9.17, 15) is 27.1 Å². The van der Waals surface area contributed by atoms with Crippen molar-refractivity contribution in [3.8, 4) is 0 Å². The Balaban J connectivity index is 1.97. The van der Waals surface area contributed by atoms with Gasteiger partial charge in [-0.15, -0.1) is 0 Å². The van der Waals surface area contributed by atoms with E-state index in [1.807, 2.05) is 0 Å². The second-order valence-corrected chi connectivity index (χ2v) is 8.20. The largest absolute Gasteiger partial charge is 0.392 e. The molecule has 146 valence electrons. The molecule has 0 fully saturated rings. The smallest absolute Gasteiger partial charge is 0.272 e. The Kier molecular flexibility index (Phi) is 5.06. The Labute approximate surface area is 155 Å². The molecular formula is C17H19F2N3O4S. The van der Waals surface area contributed by atoms with Crippen LogP contribution in [0.15, 0.2) is 29.3 Å². The van der Waals surface area contributed by atoms with Crippen LogP contribution in [0, 0.1) is 11.6 Å². The molecule has 0 radical (unpaired) electrons. The van der Waals surface area contributed by atoms with Crippen LogP contribution in [0.4, 0.5) is 14.5 Å². The van der Waals surface area contributed by atoms with Gasteiger partial charge in [0, 0.05) is 36.6 Å². The number of hydrogen-bond acceptors (Lipinski definition) is 4. The summed E-state index contributed by atoms with van der Waals surface area (Å²) < 4.78 is 55.4. The van der Waals surface area contributed by atoms with Gasteiger partial charge in [0.25, 0.3) is 5.91 Å². The van der Waals surface area contributed by atoms with Crippen LogP contribution >= 0.6 is 0 Å². The molecule has 10 heteroatoms. The summed E-state index contributed by atoms with van der Waals surface area (Å²) in [5.41, 5.74) is 0.463. The lowest BCUT2D eigenvalue weighted by Gasteiger charge is -2.18. The van der Waals surface area contributed by atoms with Crippen LogP contribution in [-0.4, -0.2) is 36.1 Å². The van der Waals surface area contributed by atoms with Gasteiger partial charge in [-0.1, -0.05) is 0 Å². The lowest BCUT2D eigenvalue weighted by atomic mass is 10.0. The summed E-state index contributed by atoms with van der Waals surface area (Å²) in [5.74, 6) is -2.79. The van der Waals surface area contributed by atoms with Crippen molar-refractivity contribution in [2.75, 3.05) is 5.32 Å². The van der Waals surface area contributed by atoms with Crippen molar-refractivity contribution in [1.82, 2.24) is 9.29 Å². The molecule has 0 saturated heterocycles. The second-order valence-electron chi connectivity index (χ2n) is 6.52. The average molecular weight is 399 g/mol. The van der Waals surface area contributed by atoms with E-state index in [4.69, 9.17) is 0 Å². The van der Waals surface area contributed by atoms with Crippen molar-refractivity contribution in [3.63, 3.8) is 0 Å². The maximum atomic E-state index is 13.4. The van der Waals surface area contributed by atoms with E-state index in [1.54, 1.807) is 0 Å². The SMILES string of the molecule is C[C@@H](O)[C@H]1CCc2c(cn(C)c2C(=O)Nc2ccc(F)c(F)c2)S(=O)(=O)N1. The minimum atomic E-state index is -3.91. The Morgan fingerprint density at radius 3 is 2.70 bits per heavy atom. The van der Waals surface area contributed by atoms with Crippen molar-refractivity contribution < 1.29 is 27.1 Å². The molecule has 0 spiro atoms. The number of anilines is 1. The minimum Gasteiger partial charge on any atom is -0.392 e. The number of hydrogen-bond donors (Lipinski definition) is 3. The number of halogens is 2. The monoisotopic (exact) mass is 399 g/mol. The number of rotatable bonds is 3. The van der Waals surface area contributed by atoms with Gasteiger partial charge in [-0.2, -0.15) is 0 Å². The summed E-state index contributed by atoms with van der Waals surface area (Å²) in [7, 11) is -2.39. The highest BCUT2D eigenvalue weighted by Crippen LogP contribution is 2.28. The summed E-state index contributed by atoms with van der Waals surface area (Å²) in [6.07, 6.45) is 0.983. The third-order valence-corrected chi connectivity index (χ3v) is 6.07. The molecule has 0 unspecified atom stereocenters. The molecule has 0 aliphatic carbocycles. The molecule has 7 nitrogen and oxygen atoms in total. The number of nitrogens with zero attached hydrogens (tertiary/aromatic N) is 1. The number of carbonyl (C=O) groups excluding carboxylic acids is 1. The van der Waals surface area contributed by atoms with Gasteiger partial charge in [-0.05, 0) is 31.9 Å². The van der Waals surface area contributed by atoms with E-state index >= 15 is 0 Å². The van der Waals surface area contributed by atoms with Gasteiger partial charge >= 0.3 is 0 Å². The lowest BCUT2D eigenvalue weighted by Crippen LogP contribution is -2.40. The fourth-order valence-electron chi connectivity index (χ4n) is 3.14. The average Bonchev–Trinajstić information content (AvgIpc) is 2.85. The number of aromatic nitrogens is 1. The van der Waals surface area contributed by atoms with E-state index in [2.05, 4.69) is 10.0 Å². The Hall–Kier alpha value is -2.30. The van der Waals surface area contributed by atoms with Gasteiger partial charge < -0.3 is 15.0 Å². The zero-order valence-corrected chi connectivity index (χ0v) is 15.5. The predicted molar refractivity (Wildman–Crippen MR) is 93.8 cm³/mol. The van der Waals surface area contributed by atoms with Crippen LogP contribution in [0.25, 0.3) is 0 Å². The molecule has 2 atom stereocenters. The molecule has 1 aromatic heterocycles. The van der Waals surface area contributed by atoms with E-state index in [1.165, 1.54) is 30.8 Å². The van der Waals surface area contributed by atoms with Crippen LogP contribution in [-0.2, 0) is 23.5 Å². The highest BCUT2D eigenvalue weighted by atomic mass is 32.2. The second kappa shape index (κ2) is 7.02. The van der Waals surface area contributed by atoms with Crippen molar-refractivity contribution in [3.05, 3.63) is 47.3 Å². The Morgan fingerprint density at radius 2 is 2.07 bits per heavy atom.